The van der Waals surface area contributed by atoms with Gasteiger partial charge in [0, 0.05) is 7.11 Å². The maximum atomic E-state index is 11.0. The first-order valence-corrected chi connectivity index (χ1v) is 12.6. The third-order valence-electron chi connectivity index (χ3n) is 5.58. The van der Waals surface area contributed by atoms with E-state index in [1.807, 2.05) is 91.0 Å². The Morgan fingerprint density at radius 2 is 1.18 bits per heavy atom. The second kappa shape index (κ2) is 13.1. The van der Waals surface area contributed by atoms with Gasteiger partial charge in [-0.25, -0.2) is 0 Å². The molecule has 0 radical (unpaired) electrons. The molecule has 0 spiro atoms. The van der Waals surface area contributed by atoms with Gasteiger partial charge in [0.2, 0.25) is 8.38 Å². The summed E-state index contributed by atoms with van der Waals surface area (Å²) in [5.41, 5.74) is 3.12. The molecule has 6 nitrogen and oxygen atoms in total. The summed E-state index contributed by atoms with van der Waals surface area (Å²) in [6.45, 7) is 1.45. The molecule has 0 aromatic heterocycles. The van der Waals surface area contributed by atoms with Crippen molar-refractivity contribution in [2.45, 2.75) is 44.0 Å². The number of aliphatic hydroxyl groups excluding tert-OH is 1. The summed E-state index contributed by atoms with van der Waals surface area (Å²) in [6.07, 6.45) is -1.62. The quantitative estimate of drug-likeness (QED) is 0.386. The van der Waals surface area contributed by atoms with Crippen LogP contribution in [0, 0.1) is 0 Å². The fraction of sp³-hybridized carbons (Fsp3) is 0.333. The van der Waals surface area contributed by atoms with Gasteiger partial charge in [0.25, 0.3) is 0 Å². The van der Waals surface area contributed by atoms with Crippen molar-refractivity contribution in [1.29, 1.82) is 0 Å². The van der Waals surface area contributed by atoms with E-state index in [4.69, 9.17) is 23.3 Å². The second-order valence-corrected chi connectivity index (χ2v) is 9.72. The Balaban J connectivity index is 1.48. The molecular weight excluding hydrogens is 451 g/mol. The monoisotopic (exact) mass is 482 g/mol. The molecule has 1 aliphatic heterocycles. The highest BCUT2D eigenvalue weighted by Crippen LogP contribution is 2.51. The van der Waals surface area contributed by atoms with Gasteiger partial charge in [-0.05, 0) is 16.7 Å². The van der Waals surface area contributed by atoms with E-state index in [-0.39, 0.29) is 6.61 Å². The van der Waals surface area contributed by atoms with Crippen molar-refractivity contribution >= 4 is 8.38 Å². The maximum Gasteiger partial charge on any atom is 0.204 e. The van der Waals surface area contributed by atoms with Gasteiger partial charge in [0.15, 0.2) is 5.85 Å². The van der Waals surface area contributed by atoms with E-state index in [1.165, 1.54) is 7.11 Å². The average molecular weight is 483 g/mol. The Kier molecular flexibility index (Phi) is 9.60. The molecule has 0 bridgehead atoms. The third kappa shape index (κ3) is 6.94. The molecule has 180 valence electrons. The van der Waals surface area contributed by atoms with E-state index in [0.29, 0.717) is 19.8 Å². The molecular formula is C27H31O6P. The van der Waals surface area contributed by atoms with Crippen LogP contribution in [0.4, 0.5) is 0 Å². The van der Waals surface area contributed by atoms with Crippen LogP contribution in [0.3, 0.4) is 0 Å². The molecule has 4 rings (SSSR count). The number of ether oxygens (including phenoxy) is 3. The van der Waals surface area contributed by atoms with Gasteiger partial charge in [-0.15, -0.1) is 0 Å². The number of aliphatic hydroxyl groups is 1. The predicted octanol–water partition coefficient (Wildman–Crippen LogP) is 5.05. The van der Waals surface area contributed by atoms with Crippen LogP contribution in [0.1, 0.15) is 16.7 Å². The van der Waals surface area contributed by atoms with Gasteiger partial charge in [-0.3, -0.25) is 0 Å². The standard InChI is InChI=1S/C27H31O6P/c1-29-34-27(28)26(32-19-23-15-9-4-10-16-23)25(31-18-22-13-7-3-8-14-22)24(33-34)20-30-17-21-11-5-2-6-12-21/h2-16,24-28H,17-20H2,1H3/t24-,25-,26+,27+,34+/m1/s1. The van der Waals surface area contributed by atoms with Crippen LogP contribution in [0.5, 0.6) is 0 Å². The third-order valence-corrected chi connectivity index (χ3v) is 7.15. The number of hydrogen-bond donors (Lipinski definition) is 1. The predicted molar refractivity (Wildman–Crippen MR) is 131 cm³/mol. The van der Waals surface area contributed by atoms with E-state index in [2.05, 4.69) is 0 Å². The van der Waals surface area contributed by atoms with Gasteiger partial charge in [-0.2, -0.15) is 0 Å². The molecule has 1 heterocycles. The molecule has 3 aromatic rings. The molecule has 1 aliphatic rings. The number of benzene rings is 3. The van der Waals surface area contributed by atoms with Crippen LogP contribution in [-0.4, -0.2) is 43.0 Å². The van der Waals surface area contributed by atoms with E-state index < -0.39 is 32.5 Å². The lowest BCUT2D eigenvalue weighted by Crippen LogP contribution is -2.53. The fourth-order valence-electron chi connectivity index (χ4n) is 3.82. The highest BCUT2D eigenvalue weighted by Gasteiger charge is 2.48. The van der Waals surface area contributed by atoms with Crippen molar-refractivity contribution in [3.05, 3.63) is 108 Å². The van der Waals surface area contributed by atoms with E-state index in [0.717, 1.165) is 16.7 Å². The van der Waals surface area contributed by atoms with Crippen molar-refractivity contribution in [3.63, 3.8) is 0 Å². The van der Waals surface area contributed by atoms with Crippen LogP contribution in [0.2, 0.25) is 0 Å². The fourth-order valence-corrected chi connectivity index (χ4v) is 5.19. The summed E-state index contributed by atoms with van der Waals surface area (Å²) < 4.78 is 30.2. The summed E-state index contributed by atoms with van der Waals surface area (Å²) in [4.78, 5) is 0. The first-order chi connectivity index (χ1) is 16.7. The number of rotatable bonds is 11. The molecule has 1 saturated heterocycles. The zero-order valence-electron chi connectivity index (χ0n) is 19.2. The molecule has 0 saturated carbocycles. The van der Waals surface area contributed by atoms with Gasteiger partial charge in [-0.1, -0.05) is 91.0 Å². The highest BCUT2D eigenvalue weighted by atomic mass is 31.2. The van der Waals surface area contributed by atoms with Crippen molar-refractivity contribution in [2.24, 2.45) is 0 Å². The molecule has 3 aromatic carbocycles. The zero-order valence-corrected chi connectivity index (χ0v) is 20.1. The minimum atomic E-state index is -1.58. The van der Waals surface area contributed by atoms with Gasteiger partial charge >= 0.3 is 0 Å². The molecule has 0 unspecified atom stereocenters. The average Bonchev–Trinajstić information content (AvgIpc) is 2.89. The van der Waals surface area contributed by atoms with E-state index in [1.54, 1.807) is 0 Å². The maximum absolute atomic E-state index is 11.0. The zero-order chi connectivity index (χ0) is 23.6. The Labute approximate surface area is 202 Å². The summed E-state index contributed by atoms with van der Waals surface area (Å²) in [6, 6.07) is 29.8. The minimum Gasteiger partial charge on any atom is -0.381 e. The van der Waals surface area contributed by atoms with Gasteiger partial charge in [0.1, 0.15) is 18.3 Å². The summed E-state index contributed by atoms with van der Waals surface area (Å²) >= 11 is 0. The molecule has 34 heavy (non-hydrogen) atoms. The summed E-state index contributed by atoms with van der Waals surface area (Å²) in [5, 5.41) is 11.0. The summed E-state index contributed by atoms with van der Waals surface area (Å²) in [7, 11) is -0.0437. The smallest absolute Gasteiger partial charge is 0.204 e. The SMILES string of the molecule is CO[P@@]1O[C@H](COCc2ccccc2)[C@@H](OCc2ccccc2)[C@H](OCc2ccccc2)[C@H]1O. The first kappa shape index (κ1) is 25.0. The van der Waals surface area contributed by atoms with Crippen LogP contribution in [-0.2, 0) is 43.1 Å². The van der Waals surface area contributed by atoms with Crippen LogP contribution in [0.25, 0.3) is 0 Å². The molecule has 1 fully saturated rings. The molecule has 7 heteroatoms. The van der Waals surface area contributed by atoms with Crippen molar-refractivity contribution in [2.75, 3.05) is 13.7 Å². The lowest BCUT2D eigenvalue weighted by Gasteiger charge is -2.43. The molecule has 0 aliphatic carbocycles. The largest absolute Gasteiger partial charge is 0.381 e. The normalized spacial score (nSPS) is 24.7. The minimum absolute atomic E-state index is 0.286. The van der Waals surface area contributed by atoms with Crippen molar-refractivity contribution < 1.29 is 28.4 Å². The van der Waals surface area contributed by atoms with Gasteiger partial charge in [0.05, 0.1) is 26.4 Å². The van der Waals surface area contributed by atoms with Gasteiger partial charge < -0.3 is 28.4 Å². The Morgan fingerprint density at radius 1 is 0.706 bits per heavy atom. The van der Waals surface area contributed by atoms with Crippen molar-refractivity contribution in [1.82, 2.24) is 0 Å². The first-order valence-electron chi connectivity index (χ1n) is 11.4. The van der Waals surface area contributed by atoms with E-state index >= 15 is 0 Å². The van der Waals surface area contributed by atoms with E-state index in [9.17, 15) is 5.11 Å². The molecule has 1 N–H and O–H groups in total. The summed E-state index contributed by atoms with van der Waals surface area (Å²) in [5.74, 6) is -0.949. The topological polar surface area (TPSA) is 66.4 Å². The Hall–Kier alpha value is -2.15. The van der Waals surface area contributed by atoms with Crippen LogP contribution >= 0.6 is 8.38 Å². The molecule has 0 amide bonds. The molecule has 5 atom stereocenters. The lowest BCUT2D eigenvalue weighted by atomic mass is 10.1. The number of hydrogen-bond acceptors (Lipinski definition) is 6. The Bertz CT molecular complexity index is 959. The van der Waals surface area contributed by atoms with Crippen LogP contribution < -0.4 is 0 Å². The second-order valence-electron chi connectivity index (χ2n) is 8.05. The van der Waals surface area contributed by atoms with Crippen LogP contribution in [0.15, 0.2) is 91.0 Å². The van der Waals surface area contributed by atoms with Crippen molar-refractivity contribution in [3.8, 4) is 0 Å². The highest BCUT2D eigenvalue weighted by molar-refractivity contribution is 7.48. The lowest BCUT2D eigenvalue weighted by molar-refractivity contribution is -0.176. The Morgan fingerprint density at radius 3 is 1.68 bits per heavy atom.